The number of nitrogens with one attached hydrogen (secondary N) is 1. The normalized spacial score (nSPS) is 10.8. The highest BCUT2D eigenvalue weighted by Crippen LogP contribution is 2.25. The number of nitrogens with zero attached hydrogens (tertiary/aromatic N) is 2. The average molecular weight is 502 g/mol. The van der Waals surface area contributed by atoms with Gasteiger partial charge in [0.25, 0.3) is 0 Å². The molecule has 0 amide bonds. The van der Waals surface area contributed by atoms with E-state index in [1.165, 1.54) is 11.3 Å². The van der Waals surface area contributed by atoms with Crippen LogP contribution in [0.1, 0.15) is 29.3 Å². The first-order valence-corrected chi connectivity index (χ1v) is 12.4. The Kier molecular flexibility index (Phi) is 9.05. The van der Waals surface area contributed by atoms with E-state index in [0.717, 1.165) is 16.7 Å². The molecular weight excluding hydrogens is 474 g/mol. The first kappa shape index (κ1) is 24.9. The molecule has 0 saturated heterocycles. The van der Waals surface area contributed by atoms with Gasteiger partial charge in [0.2, 0.25) is 5.13 Å². The van der Waals surface area contributed by atoms with Gasteiger partial charge in [0.05, 0.1) is 24.9 Å². The lowest BCUT2D eigenvalue weighted by Crippen LogP contribution is -2.07. The number of hydrazone groups is 1. The molecule has 0 bridgehead atoms. The molecule has 0 unspecified atom stereocenters. The standard InChI is InChI=1S/C28H27N3O4S/c1-2-33-27(32)16-24-20-36-28(30-24)31-29-17-23-15-25(34-18-21-9-5-3-6-10-21)13-14-26(23)35-19-22-11-7-4-8-12-22/h3-15,17,20H,2,16,18-19H2,1H3,(H,30,31). The van der Waals surface area contributed by atoms with Gasteiger partial charge in [-0.3, -0.25) is 10.2 Å². The molecule has 0 saturated carbocycles. The second-order valence-electron chi connectivity index (χ2n) is 7.74. The first-order chi connectivity index (χ1) is 17.7. The molecule has 7 nitrogen and oxygen atoms in total. The minimum absolute atomic E-state index is 0.133. The molecule has 0 radical (unpaired) electrons. The van der Waals surface area contributed by atoms with Crippen molar-refractivity contribution in [2.45, 2.75) is 26.6 Å². The van der Waals surface area contributed by atoms with Crippen molar-refractivity contribution in [3.05, 3.63) is 107 Å². The molecule has 1 aromatic heterocycles. The fraction of sp³-hybridized carbons (Fsp3) is 0.179. The number of carbonyl (C=O) groups is 1. The van der Waals surface area contributed by atoms with Gasteiger partial charge < -0.3 is 14.2 Å². The highest BCUT2D eigenvalue weighted by Gasteiger charge is 2.09. The van der Waals surface area contributed by atoms with Gasteiger partial charge >= 0.3 is 5.97 Å². The van der Waals surface area contributed by atoms with Crippen LogP contribution >= 0.6 is 11.3 Å². The topological polar surface area (TPSA) is 82.0 Å². The van der Waals surface area contributed by atoms with Crippen LogP contribution in [0.25, 0.3) is 0 Å². The molecule has 36 heavy (non-hydrogen) atoms. The average Bonchev–Trinajstić information content (AvgIpc) is 3.35. The number of esters is 1. The summed E-state index contributed by atoms with van der Waals surface area (Å²) in [5.41, 5.74) is 6.47. The number of hydrogen-bond donors (Lipinski definition) is 1. The maximum atomic E-state index is 11.7. The van der Waals surface area contributed by atoms with E-state index in [-0.39, 0.29) is 12.4 Å². The molecule has 0 aliphatic carbocycles. The lowest BCUT2D eigenvalue weighted by atomic mass is 10.2. The van der Waals surface area contributed by atoms with E-state index in [4.69, 9.17) is 14.2 Å². The van der Waals surface area contributed by atoms with Gasteiger partial charge in [-0.2, -0.15) is 5.10 Å². The van der Waals surface area contributed by atoms with Crippen molar-refractivity contribution in [2.75, 3.05) is 12.0 Å². The summed E-state index contributed by atoms with van der Waals surface area (Å²) >= 11 is 1.37. The van der Waals surface area contributed by atoms with Gasteiger partial charge in [-0.15, -0.1) is 11.3 Å². The van der Waals surface area contributed by atoms with Crippen LogP contribution in [-0.4, -0.2) is 23.8 Å². The Balaban J connectivity index is 1.45. The molecule has 0 atom stereocenters. The highest BCUT2D eigenvalue weighted by atomic mass is 32.1. The Morgan fingerprint density at radius 3 is 2.36 bits per heavy atom. The maximum absolute atomic E-state index is 11.7. The molecule has 1 N–H and O–H groups in total. The Bertz CT molecular complexity index is 1280. The Morgan fingerprint density at radius 2 is 1.67 bits per heavy atom. The van der Waals surface area contributed by atoms with Gasteiger partial charge in [0.15, 0.2) is 0 Å². The zero-order valence-corrected chi connectivity index (χ0v) is 20.7. The third-order valence-electron chi connectivity index (χ3n) is 5.01. The quantitative estimate of drug-likeness (QED) is 0.149. The van der Waals surface area contributed by atoms with Crippen molar-refractivity contribution in [2.24, 2.45) is 5.10 Å². The van der Waals surface area contributed by atoms with E-state index < -0.39 is 0 Å². The molecule has 184 valence electrons. The number of rotatable bonds is 12. The Labute approximate surface area is 214 Å². The van der Waals surface area contributed by atoms with E-state index in [9.17, 15) is 4.79 Å². The monoisotopic (exact) mass is 501 g/mol. The summed E-state index contributed by atoms with van der Waals surface area (Å²) in [6, 6.07) is 25.6. The van der Waals surface area contributed by atoms with Crippen molar-refractivity contribution in [1.29, 1.82) is 0 Å². The summed E-state index contributed by atoms with van der Waals surface area (Å²) in [6.07, 6.45) is 1.80. The molecule has 1 heterocycles. The molecule has 0 spiro atoms. The largest absolute Gasteiger partial charge is 0.489 e. The van der Waals surface area contributed by atoms with Crippen molar-refractivity contribution in [1.82, 2.24) is 4.98 Å². The summed E-state index contributed by atoms with van der Waals surface area (Å²) in [4.78, 5) is 16.0. The molecule has 4 aromatic rings. The number of benzene rings is 3. The Morgan fingerprint density at radius 1 is 0.972 bits per heavy atom. The molecule has 8 heteroatoms. The fourth-order valence-electron chi connectivity index (χ4n) is 3.28. The van der Waals surface area contributed by atoms with E-state index in [1.807, 2.05) is 78.9 Å². The number of hydrogen-bond acceptors (Lipinski definition) is 8. The van der Waals surface area contributed by atoms with Gasteiger partial charge in [0, 0.05) is 10.9 Å². The smallest absolute Gasteiger partial charge is 0.311 e. The van der Waals surface area contributed by atoms with E-state index in [0.29, 0.717) is 42.1 Å². The lowest BCUT2D eigenvalue weighted by Gasteiger charge is -2.12. The minimum atomic E-state index is -0.301. The lowest BCUT2D eigenvalue weighted by molar-refractivity contribution is -0.142. The summed E-state index contributed by atoms with van der Waals surface area (Å²) in [7, 11) is 0. The molecular formula is C28H27N3O4S. The number of anilines is 1. The molecule has 4 rings (SSSR count). The molecule has 0 fully saturated rings. The molecule has 0 aliphatic rings. The zero-order valence-electron chi connectivity index (χ0n) is 19.9. The van der Waals surface area contributed by atoms with Crippen LogP contribution in [0.2, 0.25) is 0 Å². The van der Waals surface area contributed by atoms with Crippen LogP contribution < -0.4 is 14.9 Å². The van der Waals surface area contributed by atoms with Crippen LogP contribution in [0.3, 0.4) is 0 Å². The Hall–Kier alpha value is -4.17. The summed E-state index contributed by atoms with van der Waals surface area (Å²) in [6.45, 7) is 3.02. The van der Waals surface area contributed by atoms with Gasteiger partial charge in [-0.1, -0.05) is 60.7 Å². The minimum Gasteiger partial charge on any atom is -0.489 e. The van der Waals surface area contributed by atoms with Crippen LogP contribution in [-0.2, 0) is 29.2 Å². The summed E-state index contributed by atoms with van der Waals surface area (Å²) in [5, 5.41) is 6.72. The fourth-order valence-corrected chi connectivity index (χ4v) is 3.94. The second-order valence-corrected chi connectivity index (χ2v) is 8.60. The van der Waals surface area contributed by atoms with Crippen molar-refractivity contribution < 1.29 is 19.0 Å². The first-order valence-electron chi connectivity index (χ1n) is 11.6. The number of ether oxygens (including phenoxy) is 3. The highest BCUT2D eigenvalue weighted by molar-refractivity contribution is 7.13. The van der Waals surface area contributed by atoms with Crippen molar-refractivity contribution in [3.8, 4) is 11.5 Å². The van der Waals surface area contributed by atoms with Crippen molar-refractivity contribution in [3.63, 3.8) is 0 Å². The second kappa shape index (κ2) is 13.1. The van der Waals surface area contributed by atoms with Gasteiger partial charge in [-0.25, -0.2) is 4.98 Å². The number of carbonyl (C=O) groups excluding carboxylic acids is 1. The summed E-state index contributed by atoms with van der Waals surface area (Å²) in [5.74, 6) is 1.09. The van der Waals surface area contributed by atoms with E-state index in [1.54, 1.807) is 18.5 Å². The molecule has 0 aliphatic heterocycles. The SMILES string of the molecule is CCOC(=O)Cc1csc(NN=Cc2cc(OCc3ccccc3)ccc2OCc2ccccc2)n1. The van der Waals surface area contributed by atoms with Crippen molar-refractivity contribution >= 4 is 28.7 Å². The van der Waals surface area contributed by atoms with E-state index >= 15 is 0 Å². The van der Waals surface area contributed by atoms with Crippen LogP contribution in [0.15, 0.2) is 89.3 Å². The third-order valence-corrected chi connectivity index (χ3v) is 5.81. The predicted molar refractivity (Wildman–Crippen MR) is 142 cm³/mol. The van der Waals surface area contributed by atoms with Crippen LogP contribution in [0, 0.1) is 0 Å². The summed E-state index contributed by atoms with van der Waals surface area (Å²) < 4.78 is 17.0. The number of thiazole rings is 1. The predicted octanol–water partition coefficient (Wildman–Crippen LogP) is 5.85. The van der Waals surface area contributed by atoms with E-state index in [2.05, 4.69) is 15.5 Å². The van der Waals surface area contributed by atoms with Gasteiger partial charge in [0.1, 0.15) is 24.7 Å². The maximum Gasteiger partial charge on any atom is 0.311 e. The third kappa shape index (κ3) is 7.68. The van der Waals surface area contributed by atoms with Crippen LogP contribution in [0.4, 0.5) is 5.13 Å². The van der Waals surface area contributed by atoms with Gasteiger partial charge in [-0.05, 0) is 36.2 Å². The number of aromatic nitrogens is 1. The van der Waals surface area contributed by atoms with Crippen LogP contribution in [0.5, 0.6) is 11.5 Å². The molecule has 3 aromatic carbocycles. The zero-order chi connectivity index (χ0) is 25.0.